The minimum Gasteiger partial charge on any atom is -0.396 e. The average molecular weight is 303 g/mol. The molecule has 0 fully saturated rings. The second-order valence-electron chi connectivity index (χ2n) is 6.59. The normalized spacial score (nSPS) is 13.2. The topological polar surface area (TPSA) is 20.2 Å². The highest BCUT2D eigenvalue weighted by molar-refractivity contribution is 6.30. The molecular weight excluding hydrogens is 280 g/mol. The van der Waals surface area contributed by atoms with E-state index in [2.05, 4.69) is 45.0 Å². The third-order valence-electron chi connectivity index (χ3n) is 3.84. The zero-order valence-electron chi connectivity index (χ0n) is 12.9. The van der Waals surface area contributed by atoms with Gasteiger partial charge in [-0.05, 0) is 40.7 Å². The summed E-state index contributed by atoms with van der Waals surface area (Å²) in [5, 5.41) is 10.4. The summed E-state index contributed by atoms with van der Waals surface area (Å²) in [4.78, 5) is 0. The molecule has 1 atom stereocenters. The Bertz CT molecular complexity index is 581. The fourth-order valence-electron chi connectivity index (χ4n) is 2.47. The van der Waals surface area contributed by atoms with Crippen molar-refractivity contribution < 1.29 is 5.11 Å². The van der Waals surface area contributed by atoms with Gasteiger partial charge in [0.25, 0.3) is 0 Å². The molecule has 0 aliphatic carbocycles. The lowest BCUT2D eigenvalue weighted by Gasteiger charge is -2.20. The van der Waals surface area contributed by atoms with Crippen molar-refractivity contribution in [2.24, 2.45) is 0 Å². The van der Waals surface area contributed by atoms with Crippen LogP contribution in [0.4, 0.5) is 0 Å². The molecule has 2 aromatic carbocycles. The lowest BCUT2D eigenvalue weighted by Crippen LogP contribution is -2.11. The van der Waals surface area contributed by atoms with Crippen LogP contribution in [0, 0.1) is 0 Å². The molecular formula is C19H23ClO. The van der Waals surface area contributed by atoms with Crippen LogP contribution in [0.1, 0.15) is 43.4 Å². The van der Waals surface area contributed by atoms with Crippen molar-refractivity contribution in [2.75, 3.05) is 6.61 Å². The summed E-state index contributed by atoms with van der Waals surface area (Å²) in [5.74, 6) is 0.0872. The van der Waals surface area contributed by atoms with E-state index in [0.29, 0.717) is 5.02 Å². The first-order valence-corrected chi connectivity index (χ1v) is 7.73. The number of hydrogen-bond acceptors (Lipinski definition) is 1. The molecule has 1 nitrogen and oxygen atoms in total. The highest BCUT2D eigenvalue weighted by Gasteiger charge is 2.15. The maximum Gasteiger partial charge on any atom is 0.0502 e. The number of benzene rings is 2. The van der Waals surface area contributed by atoms with Crippen LogP contribution < -0.4 is 0 Å². The predicted molar refractivity (Wildman–Crippen MR) is 90.1 cm³/mol. The molecule has 2 rings (SSSR count). The Kier molecular flexibility index (Phi) is 5.08. The first-order chi connectivity index (χ1) is 9.90. The molecule has 112 valence electrons. The Labute approximate surface area is 132 Å². The molecule has 0 bridgehead atoms. The Hall–Kier alpha value is -1.31. The maximum atomic E-state index is 9.67. The largest absolute Gasteiger partial charge is 0.396 e. The molecule has 2 aromatic rings. The SMILES string of the molecule is CC(C)(C)c1ccc(CC(CO)c2cccc(Cl)c2)cc1. The van der Waals surface area contributed by atoms with Crippen LogP contribution in [0.2, 0.25) is 5.02 Å². The van der Waals surface area contributed by atoms with Crippen LogP contribution in [-0.2, 0) is 11.8 Å². The molecule has 0 aliphatic rings. The molecule has 0 saturated heterocycles. The van der Waals surface area contributed by atoms with Crippen molar-refractivity contribution in [2.45, 2.75) is 38.5 Å². The van der Waals surface area contributed by atoms with E-state index >= 15 is 0 Å². The summed E-state index contributed by atoms with van der Waals surface area (Å²) in [7, 11) is 0. The average Bonchev–Trinajstić information content (AvgIpc) is 2.44. The minimum atomic E-state index is 0.0872. The predicted octanol–water partition coefficient (Wildman–Crippen LogP) is 4.96. The number of aliphatic hydroxyl groups excluding tert-OH is 1. The Morgan fingerprint density at radius 3 is 2.24 bits per heavy atom. The molecule has 0 spiro atoms. The van der Waals surface area contributed by atoms with E-state index in [-0.39, 0.29) is 17.9 Å². The highest BCUT2D eigenvalue weighted by Crippen LogP contribution is 2.26. The van der Waals surface area contributed by atoms with Crippen LogP contribution >= 0.6 is 11.6 Å². The monoisotopic (exact) mass is 302 g/mol. The molecule has 0 amide bonds. The van der Waals surface area contributed by atoms with Crippen molar-refractivity contribution in [1.82, 2.24) is 0 Å². The van der Waals surface area contributed by atoms with Crippen molar-refractivity contribution in [1.29, 1.82) is 0 Å². The first-order valence-electron chi connectivity index (χ1n) is 7.36. The van der Waals surface area contributed by atoms with Crippen LogP contribution in [0.15, 0.2) is 48.5 Å². The maximum absolute atomic E-state index is 9.67. The number of rotatable bonds is 4. The number of aliphatic hydroxyl groups is 1. The van der Waals surface area contributed by atoms with Gasteiger partial charge in [0.05, 0.1) is 6.61 Å². The van der Waals surface area contributed by atoms with Crippen LogP contribution in [0.3, 0.4) is 0 Å². The zero-order chi connectivity index (χ0) is 15.5. The van der Waals surface area contributed by atoms with Crippen molar-refractivity contribution in [3.8, 4) is 0 Å². The van der Waals surface area contributed by atoms with Crippen molar-refractivity contribution in [3.63, 3.8) is 0 Å². The first kappa shape index (κ1) is 16.1. The third kappa shape index (κ3) is 4.33. The minimum absolute atomic E-state index is 0.0872. The summed E-state index contributed by atoms with van der Waals surface area (Å²) in [6.07, 6.45) is 0.821. The van der Waals surface area contributed by atoms with Gasteiger partial charge in [0, 0.05) is 10.9 Å². The summed E-state index contributed by atoms with van der Waals surface area (Å²) in [6, 6.07) is 16.4. The fourth-order valence-corrected chi connectivity index (χ4v) is 2.67. The summed E-state index contributed by atoms with van der Waals surface area (Å²) >= 11 is 6.04. The van der Waals surface area contributed by atoms with E-state index in [0.717, 1.165) is 12.0 Å². The van der Waals surface area contributed by atoms with E-state index in [4.69, 9.17) is 11.6 Å². The van der Waals surface area contributed by atoms with Crippen LogP contribution in [0.5, 0.6) is 0 Å². The van der Waals surface area contributed by atoms with Gasteiger partial charge in [-0.3, -0.25) is 0 Å². The third-order valence-corrected chi connectivity index (χ3v) is 4.08. The second-order valence-corrected chi connectivity index (χ2v) is 7.02. The molecule has 0 radical (unpaired) electrons. The van der Waals surface area contributed by atoms with Gasteiger partial charge in [0.15, 0.2) is 0 Å². The lowest BCUT2D eigenvalue weighted by atomic mass is 9.85. The van der Waals surface area contributed by atoms with E-state index in [1.165, 1.54) is 11.1 Å². The van der Waals surface area contributed by atoms with E-state index in [1.54, 1.807) is 0 Å². The molecule has 0 heterocycles. The summed E-state index contributed by atoms with van der Waals surface area (Å²) in [5.41, 5.74) is 3.82. The smallest absolute Gasteiger partial charge is 0.0502 e. The second kappa shape index (κ2) is 6.64. The van der Waals surface area contributed by atoms with Gasteiger partial charge in [0.1, 0.15) is 0 Å². The van der Waals surface area contributed by atoms with Gasteiger partial charge in [-0.25, -0.2) is 0 Å². The standard InChI is InChI=1S/C19H23ClO/c1-19(2,3)17-9-7-14(8-10-17)11-16(13-21)15-5-4-6-18(20)12-15/h4-10,12,16,21H,11,13H2,1-3H3. The van der Waals surface area contributed by atoms with Gasteiger partial charge in [0.2, 0.25) is 0 Å². The number of hydrogen-bond donors (Lipinski definition) is 1. The van der Waals surface area contributed by atoms with Gasteiger partial charge in [-0.1, -0.05) is 68.8 Å². The number of halogens is 1. The molecule has 2 heteroatoms. The van der Waals surface area contributed by atoms with Crippen molar-refractivity contribution >= 4 is 11.6 Å². The van der Waals surface area contributed by atoms with Gasteiger partial charge in [-0.2, -0.15) is 0 Å². The molecule has 1 N–H and O–H groups in total. The Morgan fingerprint density at radius 2 is 1.71 bits per heavy atom. The zero-order valence-corrected chi connectivity index (χ0v) is 13.7. The van der Waals surface area contributed by atoms with Crippen molar-refractivity contribution in [3.05, 3.63) is 70.2 Å². The van der Waals surface area contributed by atoms with Gasteiger partial charge in [-0.15, -0.1) is 0 Å². The van der Waals surface area contributed by atoms with Crippen LogP contribution in [-0.4, -0.2) is 11.7 Å². The quantitative estimate of drug-likeness (QED) is 0.846. The Balaban J connectivity index is 2.15. The van der Waals surface area contributed by atoms with Crippen LogP contribution in [0.25, 0.3) is 0 Å². The van der Waals surface area contributed by atoms with E-state index in [1.807, 2.05) is 24.3 Å². The summed E-state index contributed by atoms with van der Waals surface area (Å²) < 4.78 is 0. The molecule has 0 aliphatic heterocycles. The summed E-state index contributed by atoms with van der Waals surface area (Å²) in [6.45, 7) is 6.76. The lowest BCUT2D eigenvalue weighted by molar-refractivity contribution is 0.264. The fraction of sp³-hybridized carbons (Fsp3) is 0.368. The molecule has 1 unspecified atom stereocenters. The Morgan fingerprint density at radius 1 is 1.05 bits per heavy atom. The molecule has 0 aromatic heterocycles. The molecule has 0 saturated carbocycles. The van der Waals surface area contributed by atoms with E-state index in [9.17, 15) is 5.11 Å². The van der Waals surface area contributed by atoms with Gasteiger partial charge < -0.3 is 5.11 Å². The molecule has 21 heavy (non-hydrogen) atoms. The highest BCUT2D eigenvalue weighted by atomic mass is 35.5. The van der Waals surface area contributed by atoms with Gasteiger partial charge >= 0.3 is 0 Å². The van der Waals surface area contributed by atoms with E-state index < -0.39 is 0 Å².